The second-order valence-corrected chi connectivity index (χ2v) is 5.50. The minimum atomic E-state index is 0.442. The second-order valence-electron chi connectivity index (χ2n) is 4.78. The van der Waals surface area contributed by atoms with Gasteiger partial charge in [-0.1, -0.05) is 5.21 Å². The molecule has 0 unspecified atom stereocenters. The molecular weight excluding hydrogens is 262 g/mol. The number of hydrogen-bond donors (Lipinski definition) is 0. The molecule has 7 heteroatoms. The fourth-order valence-electron chi connectivity index (χ4n) is 2.17. The Bertz CT molecular complexity index is 512. The summed E-state index contributed by atoms with van der Waals surface area (Å²) in [7, 11) is 0. The zero-order valence-corrected chi connectivity index (χ0v) is 11.7. The highest BCUT2D eigenvalue weighted by Crippen LogP contribution is 2.10. The Kier molecular flexibility index (Phi) is 3.86. The first kappa shape index (κ1) is 12.7. The van der Waals surface area contributed by atoms with Gasteiger partial charge in [0.1, 0.15) is 0 Å². The van der Waals surface area contributed by atoms with E-state index < -0.39 is 0 Å². The van der Waals surface area contributed by atoms with Gasteiger partial charge in [-0.25, -0.2) is 9.67 Å². The highest BCUT2D eigenvalue weighted by Gasteiger charge is 2.19. The summed E-state index contributed by atoms with van der Waals surface area (Å²) in [5.41, 5.74) is 3.87. The third-order valence-electron chi connectivity index (χ3n) is 3.26. The number of aromatic nitrogens is 4. The Labute approximate surface area is 116 Å². The zero-order chi connectivity index (χ0) is 13.1. The van der Waals surface area contributed by atoms with Crippen molar-refractivity contribution in [2.75, 3.05) is 19.8 Å². The molecule has 1 fully saturated rings. The number of hydrogen-bond acceptors (Lipinski definition) is 6. The highest BCUT2D eigenvalue weighted by molar-refractivity contribution is 7.07. The average Bonchev–Trinajstić information content (AvgIpc) is 3.05. The second kappa shape index (κ2) is 5.77. The van der Waals surface area contributed by atoms with Crippen molar-refractivity contribution in [3.63, 3.8) is 0 Å². The van der Waals surface area contributed by atoms with Crippen molar-refractivity contribution in [3.05, 3.63) is 28.5 Å². The van der Waals surface area contributed by atoms with Crippen molar-refractivity contribution in [1.82, 2.24) is 24.9 Å². The van der Waals surface area contributed by atoms with Crippen molar-refractivity contribution in [2.24, 2.45) is 0 Å². The number of nitrogens with zero attached hydrogens (tertiary/aromatic N) is 5. The van der Waals surface area contributed by atoms with Crippen LogP contribution in [0.2, 0.25) is 0 Å². The maximum atomic E-state index is 5.43. The molecule has 0 radical (unpaired) electrons. The van der Waals surface area contributed by atoms with Crippen LogP contribution in [0.25, 0.3) is 0 Å². The molecule has 1 aliphatic heterocycles. The van der Waals surface area contributed by atoms with Crippen LogP contribution in [-0.2, 0) is 17.8 Å². The maximum absolute atomic E-state index is 5.43. The number of thiazole rings is 1. The van der Waals surface area contributed by atoms with Gasteiger partial charge in [-0.2, -0.15) is 0 Å². The lowest BCUT2D eigenvalue weighted by molar-refractivity contribution is -0.00492. The molecule has 0 bridgehead atoms. The van der Waals surface area contributed by atoms with Gasteiger partial charge in [0.2, 0.25) is 0 Å². The predicted molar refractivity (Wildman–Crippen MR) is 71.9 cm³/mol. The summed E-state index contributed by atoms with van der Waals surface area (Å²) in [4.78, 5) is 6.63. The van der Waals surface area contributed by atoms with Crippen molar-refractivity contribution in [3.8, 4) is 0 Å². The van der Waals surface area contributed by atoms with Crippen LogP contribution in [0.1, 0.15) is 18.3 Å². The summed E-state index contributed by atoms with van der Waals surface area (Å²) in [5, 5.41) is 10.4. The minimum absolute atomic E-state index is 0.442. The van der Waals surface area contributed by atoms with Crippen LogP contribution in [-0.4, -0.2) is 50.7 Å². The molecule has 1 aliphatic rings. The molecule has 2 aromatic rings. The van der Waals surface area contributed by atoms with Crippen molar-refractivity contribution in [1.29, 1.82) is 0 Å². The van der Waals surface area contributed by atoms with E-state index in [2.05, 4.69) is 27.1 Å². The molecule has 0 saturated carbocycles. The van der Waals surface area contributed by atoms with Gasteiger partial charge in [-0.3, -0.25) is 4.90 Å². The largest absolute Gasteiger partial charge is 0.379 e. The van der Waals surface area contributed by atoms with E-state index in [1.54, 1.807) is 11.3 Å². The van der Waals surface area contributed by atoms with Crippen molar-refractivity contribution >= 4 is 11.3 Å². The van der Waals surface area contributed by atoms with Gasteiger partial charge in [-0.15, -0.1) is 16.4 Å². The van der Waals surface area contributed by atoms with E-state index in [0.29, 0.717) is 12.6 Å². The molecule has 2 aromatic heterocycles. The summed E-state index contributed by atoms with van der Waals surface area (Å²) in [5.74, 6) is 0. The summed E-state index contributed by atoms with van der Waals surface area (Å²) in [6.07, 6.45) is 2.00. The summed E-state index contributed by atoms with van der Waals surface area (Å²) in [6.45, 7) is 6.26. The third-order valence-corrected chi connectivity index (χ3v) is 3.90. The first-order valence-electron chi connectivity index (χ1n) is 6.39. The van der Waals surface area contributed by atoms with Gasteiger partial charge in [0.15, 0.2) is 0 Å². The van der Waals surface area contributed by atoms with Gasteiger partial charge in [-0.05, 0) is 6.92 Å². The zero-order valence-electron chi connectivity index (χ0n) is 10.9. The Morgan fingerprint density at radius 1 is 1.42 bits per heavy atom. The fourth-order valence-corrected chi connectivity index (χ4v) is 2.72. The van der Waals surface area contributed by atoms with E-state index in [9.17, 15) is 0 Å². The number of rotatable bonds is 4. The van der Waals surface area contributed by atoms with Gasteiger partial charge in [0.25, 0.3) is 0 Å². The monoisotopic (exact) mass is 279 g/mol. The Hall–Kier alpha value is -1.31. The lowest BCUT2D eigenvalue weighted by Crippen LogP contribution is -2.42. The standard InChI is InChI=1S/C12H17N5OS/c1-10-7-18-3-2-16(10)4-11-5-17(15-14-11)6-12-8-19-9-13-12/h5,8-10H,2-4,6-7H2,1H3/t10-/m1/s1. The molecule has 0 aromatic carbocycles. The first-order chi connectivity index (χ1) is 9.31. The Morgan fingerprint density at radius 2 is 2.37 bits per heavy atom. The van der Waals surface area contributed by atoms with E-state index in [-0.39, 0.29) is 0 Å². The smallest absolute Gasteiger partial charge is 0.0967 e. The fraction of sp³-hybridized carbons (Fsp3) is 0.583. The van der Waals surface area contributed by atoms with Crippen molar-refractivity contribution in [2.45, 2.75) is 26.1 Å². The van der Waals surface area contributed by atoms with E-state index in [1.165, 1.54) is 0 Å². The van der Waals surface area contributed by atoms with Crippen LogP contribution in [0.3, 0.4) is 0 Å². The predicted octanol–water partition coefficient (Wildman–Crippen LogP) is 1.00. The molecule has 102 valence electrons. The molecule has 19 heavy (non-hydrogen) atoms. The maximum Gasteiger partial charge on any atom is 0.0967 e. The van der Waals surface area contributed by atoms with E-state index in [4.69, 9.17) is 4.74 Å². The molecular formula is C12H17N5OS. The van der Waals surface area contributed by atoms with Crippen LogP contribution < -0.4 is 0 Å². The topological polar surface area (TPSA) is 56.1 Å². The van der Waals surface area contributed by atoms with Gasteiger partial charge in [0, 0.05) is 24.5 Å². The van der Waals surface area contributed by atoms with Crippen LogP contribution >= 0.6 is 11.3 Å². The van der Waals surface area contributed by atoms with Crippen LogP contribution in [0, 0.1) is 0 Å². The Balaban J connectivity index is 1.61. The van der Waals surface area contributed by atoms with E-state index in [0.717, 1.165) is 37.7 Å². The Morgan fingerprint density at radius 3 is 3.16 bits per heavy atom. The summed E-state index contributed by atoms with van der Waals surface area (Å²) < 4.78 is 7.28. The lowest BCUT2D eigenvalue weighted by Gasteiger charge is -2.32. The van der Waals surface area contributed by atoms with Gasteiger partial charge in [0.05, 0.1) is 42.9 Å². The van der Waals surface area contributed by atoms with Crippen LogP contribution in [0.4, 0.5) is 0 Å². The van der Waals surface area contributed by atoms with Gasteiger partial charge < -0.3 is 4.74 Å². The highest BCUT2D eigenvalue weighted by atomic mass is 32.1. The molecule has 0 aliphatic carbocycles. The van der Waals surface area contributed by atoms with Crippen molar-refractivity contribution < 1.29 is 4.74 Å². The quantitative estimate of drug-likeness (QED) is 0.836. The molecule has 0 amide bonds. The molecule has 3 heterocycles. The van der Waals surface area contributed by atoms with Gasteiger partial charge >= 0.3 is 0 Å². The normalized spacial score (nSPS) is 20.8. The molecule has 1 saturated heterocycles. The molecule has 3 rings (SSSR count). The molecule has 0 spiro atoms. The van der Waals surface area contributed by atoms with E-state index in [1.807, 2.05) is 21.8 Å². The lowest BCUT2D eigenvalue weighted by atomic mass is 10.2. The summed E-state index contributed by atoms with van der Waals surface area (Å²) in [6, 6.07) is 0.442. The molecule has 0 N–H and O–H groups in total. The van der Waals surface area contributed by atoms with Crippen LogP contribution in [0.5, 0.6) is 0 Å². The summed E-state index contributed by atoms with van der Waals surface area (Å²) >= 11 is 1.60. The number of morpholine rings is 1. The third kappa shape index (κ3) is 3.17. The molecule has 1 atom stereocenters. The molecule has 6 nitrogen and oxygen atoms in total. The average molecular weight is 279 g/mol. The minimum Gasteiger partial charge on any atom is -0.379 e. The van der Waals surface area contributed by atoms with Crippen LogP contribution in [0.15, 0.2) is 17.1 Å². The van der Waals surface area contributed by atoms with E-state index >= 15 is 0 Å². The first-order valence-corrected chi connectivity index (χ1v) is 7.33. The SMILES string of the molecule is C[C@@H]1COCCN1Cc1cn(Cc2cscn2)nn1. The number of ether oxygens (including phenoxy) is 1.